The van der Waals surface area contributed by atoms with E-state index in [0.717, 1.165) is 69.2 Å². The van der Waals surface area contributed by atoms with Gasteiger partial charge in [0.2, 0.25) is 0 Å². The molecule has 6 heteroatoms. The van der Waals surface area contributed by atoms with Gasteiger partial charge in [-0.2, -0.15) is 0 Å². The third-order valence-electron chi connectivity index (χ3n) is 6.72. The molecule has 0 aliphatic heterocycles. The second-order valence-corrected chi connectivity index (χ2v) is 9.56. The summed E-state index contributed by atoms with van der Waals surface area (Å²) in [5, 5.41) is 20.1. The minimum atomic E-state index is 0.342. The molecule has 0 spiro atoms. The summed E-state index contributed by atoms with van der Waals surface area (Å²) in [4.78, 5) is 13.7. The van der Waals surface area contributed by atoms with E-state index in [1.54, 1.807) is 0 Å². The molecule has 0 fully saturated rings. The highest BCUT2D eigenvalue weighted by Crippen LogP contribution is 2.30. The van der Waals surface area contributed by atoms with E-state index in [2.05, 4.69) is 46.0 Å². The van der Waals surface area contributed by atoms with Crippen LogP contribution in [0.2, 0.25) is 0 Å². The third kappa shape index (κ3) is 5.28. The van der Waals surface area contributed by atoms with Gasteiger partial charge in [0.1, 0.15) is 11.5 Å². The van der Waals surface area contributed by atoms with Crippen LogP contribution in [0.3, 0.4) is 0 Å². The molecule has 36 heavy (non-hydrogen) atoms. The lowest BCUT2D eigenvalue weighted by molar-refractivity contribution is 0.466. The average Bonchev–Trinajstić information content (AvgIpc) is 2.88. The highest BCUT2D eigenvalue weighted by Gasteiger charge is 2.10. The third-order valence-corrected chi connectivity index (χ3v) is 6.72. The van der Waals surface area contributed by atoms with Crippen LogP contribution in [0.4, 0.5) is 11.4 Å². The van der Waals surface area contributed by atoms with E-state index in [4.69, 9.17) is 0 Å². The zero-order valence-corrected chi connectivity index (χ0v) is 21.9. The van der Waals surface area contributed by atoms with Crippen molar-refractivity contribution in [3.05, 3.63) is 83.2 Å². The Kier molecular flexibility index (Phi) is 7.15. The fourth-order valence-corrected chi connectivity index (χ4v) is 4.33. The second-order valence-electron chi connectivity index (χ2n) is 9.56. The fraction of sp³-hybridized carbons (Fsp3) is 0.267. The van der Waals surface area contributed by atoms with E-state index >= 15 is 0 Å². The van der Waals surface area contributed by atoms with Crippen LogP contribution < -0.4 is 9.80 Å². The van der Waals surface area contributed by atoms with Gasteiger partial charge in [0, 0.05) is 38.3 Å². The van der Waals surface area contributed by atoms with E-state index in [0.29, 0.717) is 11.5 Å². The Morgan fingerprint density at radius 3 is 1.19 bits per heavy atom. The SMILES string of the molecule is Cc1cc(-c2ccc(N(C)CCN(C)c3ccc(-c4cc(C)c(O)c(C)c4)nc3)cn2)cc(C)c1O. The maximum absolute atomic E-state index is 10.0. The Morgan fingerprint density at radius 1 is 0.583 bits per heavy atom. The summed E-state index contributed by atoms with van der Waals surface area (Å²) in [6.07, 6.45) is 3.79. The number of phenols is 2. The Morgan fingerprint density at radius 2 is 0.917 bits per heavy atom. The van der Waals surface area contributed by atoms with Crippen molar-refractivity contribution in [3.63, 3.8) is 0 Å². The number of nitrogens with zero attached hydrogens (tertiary/aromatic N) is 4. The Bertz CT molecular complexity index is 1210. The molecule has 0 amide bonds. The lowest BCUT2D eigenvalue weighted by Crippen LogP contribution is -2.30. The maximum atomic E-state index is 10.0. The number of aromatic hydroxyl groups is 2. The lowest BCUT2D eigenvalue weighted by Gasteiger charge is -2.25. The highest BCUT2D eigenvalue weighted by atomic mass is 16.3. The number of hydrogen-bond acceptors (Lipinski definition) is 6. The Labute approximate surface area is 213 Å². The first kappa shape index (κ1) is 25.0. The van der Waals surface area contributed by atoms with Crippen molar-refractivity contribution < 1.29 is 10.2 Å². The largest absolute Gasteiger partial charge is 0.507 e. The van der Waals surface area contributed by atoms with Gasteiger partial charge in [0.25, 0.3) is 0 Å². The van der Waals surface area contributed by atoms with Crippen LogP contribution in [0.5, 0.6) is 11.5 Å². The number of rotatable bonds is 7. The summed E-state index contributed by atoms with van der Waals surface area (Å²) in [6, 6.07) is 16.1. The summed E-state index contributed by atoms with van der Waals surface area (Å²) >= 11 is 0. The van der Waals surface area contributed by atoms with Crippen molar-refractivity contribution in [3.8, 4) is 34.0 Å². The van der Waals surface area contributed by atoms with E-state index in [9.17, 15) is 10.2 Å². The molecule has 4 rings (SSSR count). The van der Waals surface area contributed by atoms with Crippen molar-refractivity contribution in [2.75, 3.05) is 37.0 Å². The summed E-state index contributed by atoms with van der Waals surface area (Å²) in [7, 11) is 4.13. The molecule has 2 heterocycles. The molecule has 4 aromatic rings. The Hall–Kier alpha value is -4.06. The predicted octanol–water partition coefficient (Wildman–Crippen LogP) is 6.03. The van der Waals surface area contributed by atoms with Gasteiger partial charge in [-0.15, -0.1) is 0 Å². The van der Waals surface area contributed by atoms with Gasteiger partial charge < -0.3 is 20.0 Å². The van der Waals surface area contributed by atoms with Crippen molar-refractivity contribution in [1.29, 1.82) is 0 Å². The van der Waals surface area contributed by atoms with Crippen molar-refractivity contribution >= 4 is 11.4 Å². The molecule has 2 aromatic heterocycles. The van der Waals surface area contributed by atoms with Crippen LogP contribution in [-0.4, -0.2) is 47.4 Å². The van der Waals surface area contributed by atoms with Gasteiger partial charge in [-0.05, 0) is 98.5 Å². The first-order chi connectivity index (χ1) is 17.1. The highest BCUT2D eigenvalue weighted by molar-refractivity contribution is 5.66. The molecular formula is C30H34N4O2. The average molecular weight is 483 g/mol. The van der Waals surface area contributed by atoms with Crippen LogP contribution in [0.1, 0.15) is 22.3 Å². The van der Waals surface area contributed by atoms with E-state index in [1.165, 1.54) is 0 Å². The minimum absolute atomic E-state index is 0.342. The number of benzene rings is 2. The fourth-order valence-electron chi connectivity index (χ4n) is 4.33. The van der Waals surface area contributed by atoms with Gasteiger partial charge in [-0.3, -0.25) is 9.97 Å². The van der Waals surface area contributed by atoms with E-state index in [-0.39, 0.29) is 0 Å². The zero-order valence-electron chi connectivity index (χ0n) is 21.9. The molecule has 6 nitrogen and oxygen atoms in total. The number of aromatic nitrogens is 2. The number of pyridine rings is 2. The van der Waals surface area contributed by atoms with Gasteiger partial charge in [0.15, 0.2) is 0 Å². The van der Waals surface area contributed by atoms with Gasteiger partial charge in [0.05, 0.1) is 35.2 Å². The quantitative estimate of drug-likeness (QED) is 0.335. The number of hydrogen-bond donors (Lipinski definition) is 2. The topological polar surface area (TPSA) is 72.7 Å². The molecule has 0 aliphatic carbocycles. The first-order valence-corrected chi connectivity index (χ1v) is 12.1. The van der Waals surface area contributed by atoms with Crippen molar-refractivity contribution in [2.24, 2.45) is 0 Å². The predicted molar refractivity (Wildman–Crippen MR) is 148 cm³/mol. The molecule has 0 bridgehead atoms. The molecular weight excluding hydrogens is 448 g/mol. The van der Waals surface area contributed by atoms with Crippen LogP contribution >= 0.6 is 0 Å². The summed E-state index contributed by atoms with van der Waals surface area (Å²) in [5.41, 5.74) is 9.30. The molecule has 2 N–H and O–H groups in total. The number of anilines is 2. The standard InChI is InChI=1S/C30H34N4O2/c1-19-13-23(14-20(2)29(19)35)27-9-7-25(17-31-27)33(5)11-12-34(6)26-8-10-28(32-18-26)24-15-21(3)30(36)22(4)16-24/h7-10,13-18,35-36H,11-12H2,1-6H3. The van der Waals surface area contributed by atoms with Crippen molar-refractivity contribution in [1.82, 2.24) is 9.97 Å². The maximum Gasteiger partial charge on any atom is 0.121 e. The lowest BCUT2D eigenvalue weighted by atomic mass is 10.0. The van der Waals surface area contributed by atoms with Crippen LogP contribution in [0, 0.1) is 27.7 Å². The van der Waals surface area contributed by atoms with Gasteiger partial charge in [-0.1, -0.05) is 0 Å². The molecule has 0 unspecified atom stereocenters. The molecule has 0 saturated carbocycles. The summed E-state index contributed by atoms with van der Waals surface area (Å²) in [5.74, 6) is 0.684. The number of likely N-dealkylation sites (N-methyl/N-ethyl adjacent to an activating group) is 2. The molecule has 0 atom stereocenters. The van der Waals surface area contributed by atoms with Crippen LogP contribution in [0.25, 0.3) is 22.5 Å². The number of aryl methyl sites for hydroxylation is 4. The smallest absolute Gasteiger partial charge is 0.121 e. The normalized spacial score (nSPS) is 10.9. The van der Waals surface area contributed by atoms with E-state index in [1.807, 2.05) is 76.5 Å². The first-order valence-electron chi connectivity index (χ1n) is 12.1. The molecule has 2 aromatic carbocycles. The summed E-state index contributed by atoms with van der Waals surface area (Å²) in [6.45, 7) is 9.27. The van der Waals surface area contributed by atoms with Gasteiger partial charge in [-0.25, -0.2) is 0 Å². The van der Waals surface area contributed by atoms with Gasteiger partial charge >= 0.3 is 0 Å². The molecule has 0 radical (unpaired) electrons. The van der Waals surface area contributed by atoms with Crippen LogP contribution in [-0.2, 0) is 0 Å². The monoisotopic (exact) mass is 482 g/mol. The molecule has 0 saturated heterocycles. The number of phenolic OH excluding ortho intramolecular Hbond substituents is 2. The minimum Gasteiger partial charge on any atom is -0.507 e. The summed E-state index contributed by atoms with van der Waals surface area (Å²) < 4.78 is 0. The second kappa shape index (κ2) is 10.3. The Balaban J connectivity index is 1.38. The molecule has 186 valence electrons. The van der Waals surface area contributed by atoms with Crippen LogP contribution in [0.15, 0.2) is 60.9 Å². The zero-order chi connectivity index (χ0) is 26.0. The molecule has 0 aliphatic rings. The van der Waals surface area contributed by atoms with E-state index < -0.39 is 0 Å². The van der Waals surface area contributed by atoms with Crippen molar-refractivity contribution in [2.45, 2.75) is 27.7 Å².